The van der Waals surface area contributed by atoms with Crippen molar-refractivity contribution in [2.75, 3.05) is 5.32 Å². The minimum atomic E-state index is -0.228. The van der Waals surface area contributed by atoms with Gasteiger partial charge in [-0.25, -0.2) is 9.37 Å². The largest absolute Gasteiger partial charge is 0.357 e. The smallest absolute Gasteiger partial charge is 0.184 e. The summed E-state index contributed by atoms with van der Waals surface area (Å²) in [6.07, 6.45) is 0. The van der Waals surface area contributed by atoms with Crippen molar-refractivity contribution in [3.8, 4) is 0 Å². The van der Waals surface area contributed by atoms with E-state index in [0.29, 0.717) is 6.54 Å². The number of hydrogen-bond acceptors (Lipinski definition) is 3. The average molecular weight is 337 g/mol. The lowest BCUT2D eigenvalue weighted by molar-refractivity contribution is 0.630. The first-order valence-corrected chi connectivity index (χ1v) is 7.37. The summed E-state index contributed by atoms with van der Waals surface area (Å²) in [6, 6.07) is 12.7. The second kappa shape index (κ2) is 5.27. The quantitative estimate of drug-likeness (QED) is 0.742. The number of benzene rings is 2. The van der Waals surface area contributed by atoms with Crippen molar-refractivity contribution in [1.29, 1.82) is 0 Å². The molecular formula is C14H10BrFN2S. The predicted molar refractivity (Wildman–Crippen MR) is 81.0 cm³/mol. The SMILES string of the molecule is Fc1ccc2nc(NCc3ccccc3Br)sc2c1. The van der Waals surface area contributed by atoms with Gasteiger partial charge in [-0.3, -0.25) is 0 Å². The molecule has 3 rings (SSSR count). The maximum atomic E-state index is 13.1. The second-order valence-electron chi connectivity index (χ2n) is 4.08. The number of thiazole rings is 1. The molecule has 0 spiro atoms. The number of nitrogens with one attached hydrogen (secondary N) is 1. The zero-order valence-corrected chi connectivity index (χ0v) is 12.3. The van der Waals surface area contributed by atoms with Gasteiger partial charge in [-0.05, 0) is 29.8 Å². The van der Waals surface area contributed by atoms with Crippen LogP contribution in [0.1, 0.15) is 5.56 Å². The number of anilines is 1. The van der Waals surface area contributed by atoms with Gasteiger partial charge in [0.05, 0.1) is 10.2 Å². The molecule has 0 bridgehead atoms. The van der Waals surface area contributed by atoms with Crippen molar-refractivity contribution < 1.29 is 4.39 Å². The molecule has 2 nitrogen and oxygen atoms in total. The highest BCUT2D eigenvalue weighted by molar-refractivity contribution is 9.10. The lowest BCUT2D eigenvalue weighted by Gasteiger charge is -2.04. The van der Waals surface area contributed by atoms with Crippen LogP contribution in [0.5, 0.6) is 0 Å². The molecular weight excluding hydrogens is 327 g/mol. The molecule has 0 atom stereocenters. The van der Waals surface area contributed by atoms with Crippen molar-refractivity contribution in [3.05, 3.63) is 58.3 Å². The van der Waals surface area contributed by atoms with Crippen molar-refractivity contribution >= 4 is 42.6 Å². The molecule has 1 aromatic heterocycles. The molecule has 1 N–H and O–H groups in total. The molecule has 0 aliphatic heterocycles. The molecule has 96 valence electrons. The van der Waals surface area contributed by atoms with E-state index in [9.17, 15) is 4.39 Å². The monoisotopic (exact) mass is 336 g/mol. The Morgan fingerprint density at radius 1 is 1.21 bits per heavy atom. The Morgan fingerprint density at radius 2 is 2.05 bits per heavy atom. The minimum Gasteiger partial charge on any atom is -0.357 e. The molecule has 0 amide bonds. The van der Waals surface area contributed by atoms with Gasteiger partial charge >= 0.3 is 0 Å². The molecule has 1 heterocycles. The van der Waals surface area contributed by atoms with Crippen LogP contribution in [0.4, 0.5) is 9.52 Å². The number of rotatable bonds is 3. The molecule has 0 saturated heterocycles. The number of aromatic nitrogens is 1. The van der Waals surface area contributed by atoms with Crippen molar-refractivity contribution in [2.45, 2.75) is 6.54 Å². The van der Waals surface area contributed by atoms with E-state index in [2.05, 4.69) is 26.2 Å². The lowest BCUT2D eigenvalue weighted by atomic mass is 10.2. The fourth-order valence-corrected chi connectivity index (χ4v) is 3.10. The van der Waals surface area contributed by atoms with Gasteiger partial charge in [0.2, 0.25) is 0 Å². The van der Waals surface area contributed by atoms with Gasteiger partial charge in [0, 0.05) is 11.0 Å². The van der Waals surface area contributed by atoms with Crippen LogP contribution >= 0.6 is 27.3 Å². The molecule has 0 saturated carbocycles. The Hall–Kier alpha value is -1.46. The van der Waals surface area contributed by atoms with Crippen LogP contribution in [0.15, 0.2) is 46.9 Å². The summed E-state index contributed by atoms with van der Waals surface area (Å²) in [7, 11) is 0. The highest BCUT2D eigenvalue weighted by Gasteiger charge is 2.05. The van der Waals surface area contributed by atoms with Crippen molar-refractivity contribution in [1.82, 2.24) is 4.98 Å². The topological polar surface area (TPSA) is 24.9 Å². The lowest BCUT2D eigenvalue weighted by Crippen LogP contribution is -1.99. The Labute approximate surface area is 122 Å². The van der Waals surface area contributed by atoms with Crippen LogP contribution in [0.2, 0.25) is 0 Å². The van der Waals surface area contributed by atoms with Crippen LogP contribution in [-0.4, -0.2) is 4.98 Å². The second-order valence-corrected chi connectivity index (χ2v) is 5.96. The molecule has 19 heavy (non-hydrogen) atoms. The molecule has 0 aliphatic rings. The van der Waals surface area contributed by atoms with Gasteiger partial charge in [-0.2, -0.15) is 0 Å². The number of halogens is 2. The summed E-state index contributed by atoms with van der Waals surface area (Å²) in [4.78, 5) is 4.42. The third-order valence-electron chi connectivity index (χ3n) is 2.74. The normalized spacial score (nSPS) is 10.8. The minimum absolute atomic E-state index is 0.228. The molecule has 0 aliphatic carbocycles. The molecule has 0 fully saturated rings. The zero-order chi connectivity index (χ0) is 13.2. The molecule has 2 aromatic carbocycles. The van der Waals surface area contributed by atoms with Gasteiger partial charge in [-0.15, -0.1) is 0 Å². The standard InChI is InChI=1S/C14H10BrFN2S/c15-11-4-2-1-3-9(11)8-17-14-18-12-6-5-10(16)7-13(12)19-14/h1-7H,8H2,(H,17,18). The number of fused-ring (bicyclic) bond motifs is 1. The fourth-order valence-electron chi connectivity index (χ4n) is 1.79. The number of nitrogens with zero attached hydrogens (tertiary/aromatic N) is 1. The Kier molecular flexibility index (Phi) is 3.48. The van der Waals surface area contributed by atoms with Crippen LogP contribution in [-0.2, 0) is 6.54 Å². The summed E-state index contributed by atoms with van der Waals surface area (Å²) in [5.41, 5.74) is 1.98. The van der Waals surface area contributed by atoms with Gasteiger partial charge in [0.25, 0.3) is 0 Å². The van der Waals surface area contributed by atoms with E-state index in [1.165, 1.54) is 23.5 Å². The summed E-state index contributed by atoms with van der Waals surface area (Å²) < 4.78 is 15.0. The van der Waals surface area contributed by atoms with E-state index >= 15 is 0 Å². The summed E-state index contributed by atoms with van der Waals surface area (Å²) in [5, 5.41) is 4.07. The molecule has 3 aromatic rings. The van der Waals surface area contributed by atoms with E-state index in [1.807, 2.05) is 24.3 Å². The molecule has 0 unspecified atom stereocenters. The number of hydrogen-bond donors (Lipinski definition) is 1. The first kappa shape index (κ1) is 12.6. The van der Waals surface area contributed by atoms with Crippen molar-refractivity contribution in [3.63, 3.8) is 0 Å². The maximum absolute atomic E-state index is 13.1. The Balaban J connectivity index is 1.80. The average Bonchev–Trinajstić information content (AvgIpc) is 2.79. The summed E-state index contributed by atoms with van der Waals surface area (Å²) in [6.45, 7) is 0.684. The van der Waals surface area contributed by atoms with E-state index in [1.54, 1.807) is 6.07 Å². The molecule has 5 heteroatoms. The Morgan fingerprint density at radius 3 is 2.89 bits per heavy atom. The van der Waals surface area contributed by atoms with Gasteiger partial charge < -0.3 is 5.32 Å². The van der Waals surface area contributed by atoms with Crippen LogP contribution in [0.3, 0.4) is 0 Å². The summed E-state index contributed by atoms with van der Waals surface area (Å²) in [5.74, 6) is -0.228. The zero-order valence-electron chi connectivity index (χ0n) is 9.86. The third kappa shape index (κ3) is 2.77. The van der Waals surface area contributed by atoms with Crippen LogP contribution in [0, 0.1) is 5.82 Å². The Bertz CT molecular complexity index is 726. The fraction of sp³-hybridized carbons (Fsp3) is 0.0714. The first-order valence-electron chi connectivity index (χ1n) is 5.76. The van der Waals surface area contributed by atoms with E-state index in [-0.39, 0.29) is 5.82 Å². The first-order chi connectivity index (χ1) is 9.22. The third-order valence-corrected chi connectivity index (χ3v) is 4.49. The predicted octanol–water partition coefficient (Wildman–Crippen LogP) is 4.81. The van der Waals surface area contributed by atoms with E-state index < -0.39 is 0 Å². The maximum Gasteiger partial charge on any atom is 0.184 e. The molecule has 0 radical (unpaired) electrons. The van der Waals surface area contributed by atoms with E-state index in [4.69, 9.17) is 0 Å². The highest BCUT2D eigenvalue weighted by atomic mass is 79.9. The van der Waals surface area contributed by atoms with Gasteiger partial charge in [0.1, 0.15) is 5.82 Å². The van der Waals surface area contributed by atoms with Gasteiger partial charge in [-0.1, -0.05) is 45.5 Å². The van der Waals surface area contributed by atoms with Crippen LogP contribution in [0.25, 0.3) is 10.2 Å². The summed E-state index contributed by atoms with van der Waals surface area (Å²) >= 11 is 4.97. The van der Waals surface area contributed by atoms with Crippen LogP contribution < -0.4 is 5.32 Å². The van der Waals surface area contributed by atoms with Gasteiger partial charge in [0.15, 0.2) is 5.13 Å². The highest BCUT2D eigenvalue weighted by Crippen LogP contribution is 2.27. The van der Waals surface area contributed by atoms with Crippen molar-refractivity contribution in [2.24, 2.45) is 0 Å². The van der Waals surface area contributed by atoms with E-state index in [0.717, 1.165) is 25.4 Å².